The third-order valence-electron chi connectivity index (χ3n) is 3.12. The van der Waals surface area contributed by atoms with Gasteiger partial charge in [0.15, 0.2) is 5.13 Å². The number of hydrogen-bond donors (Lipinski definition) is 1. The number of thiazole rings is 1. The first-order valence-corrected chi connectivity index (χ1v) is 8.30. The topological polar surface area (TPSA) is 37.4 Å². The normalized spacial score (nSPS) is 12.3. The summed E-state index contributed by atoms with van der Waals surface area (Å²) in [6.45, 7) is 10.8. The van der Waals surface area contributed by atoms with E-state index in [9.17, 15) is 0 Å². The molecule has 0 aliphatic carbocycles. The van der Waals surface area contributed by atoms with Crippen molar-refractivity contribution in [2.24, 2.45) is 11.8 Å². The first kappa shape index (κ1) is 18.0. The zero-order valence-electron chi connectivity index (χ0n) is 14.4. The first-order chi connectivity index (χ1) is 9.85. The van der Waals surface area contributed by atoms with Gasteiger partial charge in [-0.1, -0.05) is 44.6 Å². The largest absolute Gasteiger partial charge is 0.480 e. The van der Waals surface area contributed by atoms with Crippen LogP contribution in [0.5, 0.6) is 5.88 Å². The quantitative estimate of drug-likeness (QED) is 0.797. The van der Waals surface area contributed by atoms with Crippen LogP contribution in [0.4, 0.5) is 5.13 Å². The van der Waals surface area contributed by atoms with Gasteiger partial charge in [0, 0.05) is 20.6 Å². The fourth-order valence-electron chi connectivity index (χ4n) is 1.83. The number of rotatable bonds is 8. The molecular weight excluding hydrogens is 282 g/mol. The van der Waals surface area contributed by atoms with Crippen molar-refractivity contribution in [2.75, 3.05) is 39.2 Å². The molecule has 21 heavy (non-hydrogen) atoms. The number of ether oxygens (including phenoxy) is 1. The van der Waals surface area contributed by atoms with Gasteiger partial charge in [0.1, 0.15) is 0 Å². The maximum Gasteiger partial charge on any atom is 0.233 e. The molecule has 0 aliphatic heterocycles. The smallest absolute Gasteiger partial charge is 0.233 e. The van der Waals surface area contributed by atoms with Crippen LogP contribution in [0, 0.1) is 11.8 Å². The summed E-state index contributed by atoms with van der Waals surface area (Å²) in [5, 5.41) is 4.49. The third kappa shape index (κ3) is 5.67. The number of anilines is 1. The fraction of sp³-hybridized carbons (Fsp3) is 0.688. The predicted molar refractivity (Wildman–Crippen MR) is 93.5 cm³/mol. The maximum absolute atomic E-state index is 5.41. The summed E-state index contributed by atoms with van der Waals surface area (Å²) < 4.78 is 5.41. The molecule has 0 saturated carbocycles. The zero-order valence-corrected chi connectivity index (χ0v) is 15.2. The molecule has 1 rings (SSSR count). The van der Waals surface area contributed by atoms with Crippen LogP contribution in [0.25, 0.3) is 6.08 Å². The number of nitrogens with zero attached hydrogens (tertiary/aromatic N) is 2. The molecule has 0 radical (unpaired) electrons. The van der Waals surface area contributed by atoms with Crippen molar-refractivity contribution in [3.8, 4) is 5.88 Å². The van der Waals surface area contributed by atoms with Crippen molar-refractivity contribution in [1.82, 2.24) is 10.3 Å². The lowest BCUT2D eigenvalue weighted by Crippen LogP contribution is -2.23. The molecule has 1 heterocycles. The molecule has 5 heteroatoms. The van der Waals surface area contributed by atoms with E-state index in [2.05, 4.69) is 44.1 Å². The highest BCUT2D eigenvalue weighted by Crippen LogP contribution is 2.33. The number of nitrogens with one attached hydrogen (secondary N) is 1. The van der Waals surface area contributed by atoms with Crippen LogP contribution in [0.3, 0.4) is 0 Å². The molecule has 0 aromatic carbocycles. The minimum atomic E-state index is 0.499. The molecule has 1 aromatic rings. The predicted octanol–water partition coefficient (Wildman–Crippen LogP) is 3.50. The Balaban J connectivity index is 2.93. The van der Waals surface area contributed by atoms with Gasteiger partial charge in [-0.15, -0.1) is 0 Å². The maximum atomic E-state index is 5.41. The van der Waals surface area contributed by atoms with E-state index in [-0.39, 0.29) is 0 Å². The van der Waals surface area contributed by atoms with Crippen LogP contribution < -0.4 is 15.0 Å². The lowest BCUT2D eigenvalue weighted by Gasteiger charge is -2.14. The summed E-state index contributed by atoms with van der Waals surface area (Å²) in [6, 6.07) is 0. The second-order valence-electron chi connectivity index (χ2n) is 6.16. The Labute approximate surface area is 133 Å². The highest BCUT2D eigenvalue weighted by atomic mass is 32.1. The van der Waals surface area contributed by atoms with E-state index < -0.39 is 0 Å². The first-order valence-electron chi connectivity index (χ1n) is 7.48. The van der Waals surface area contributed by atoms with Gasteiger partial charge in [-0.2, -0.15) is 4.98 Å². The van der Waals surface area contributed by atoms with Crippen molar-refractivity contribution in [3.05, 3.63) is 10.5 Å². The van der Waals surface area contributed by atoms with Crippen molar-refractivity contribution in [3.63, 3.8) is 0 Å². The molecule has 1 N–H and O–H groups in total. The van der Waals surface area contributed by atoms with E-state index in [1.54, 1.807) is 18.4 Å². The van der Waals surface area contributed by atoms with Crippen LogP contribution >= 0.6 is 11.3 Å². The Kier molecular flexibility index (Phi) is 7.18. The van der Waals surface area contributed by atoms with Gasteiger partial charge < -0.3 is 15.0 Å². The minimum Gasteiger partial charge on any atom is -0.480 e. The molecule has 0 fully saturated rings. The summed E-state index contributed by atoms with van der Waals surface area (Å²) in [4.78, 5) is 7.61. The molecule has 0 spiro atoms. The summed E-state index contributed by atoms with van der Waals surface area (Å²) in [7, 11) is 5.68. The van der Waals surface area contributed by atoms with Crippen molar-refractivity contribution >= 4 is 22.5 Å². The molecule has 0 atom stereocenters. The van der Waals surface area contributed by atoms with E-state index >= 15 is 0 Å². The van der Waals surface area contributed by atoms with Gasteiger partial charge in [0.2, 0.25) is 5.88 Å². The van der Waals surface area contributed by atoms with Crippen molar-refractivity contribution < 1.29 is 4.74 Å². The van der Waals surface area contributed by atoms with Gasteiger partial charge in [-0.25, -0.2) is 0 Å². The van der Waals surface area contributed by atoms with Gasteiger partial charge >= 0.3 is 0 Å². The lowest BCUT2D eigenvalue weighted by molar-refractivity contribution is 0.400. The molecule has 0 saturated heterocycles. The Morgan fingerprint density at radius 2 is 2.00 bits per heavy atom. The van der Waals surface area contributed by atoms with Crippen molar-refractivity contribution in [1.29, 1.82) is 0 Å². The SMILES string of the molecule is COc1nc(N(C)C)sc1C=C(CNCC(C)C)C(C)C. The van der Waals surface area contributed by atoms with Gasteiger partial charge in [0.05, 0.1) is 12.0 Å². The van der Waals surface area contributed by atoms with E-state index in [0.29, 0.717) is 17.7 Å². The zero-order chi connectivity index (χ0) is 16.0. The standard InChI is InChI=1S/C16H29N3OS/c1-11(2)9-17-10-13(12(3)4)8-14-15(20-7)18-16(21-14)19(5)6/h8,11-12,17H,9-10H2,1-7H3. The summed E-state index contributed by atoms with van der Waals surface area (Å²) >= 11 is 1.66. The molecule has 0 aliphatic rings. The highest BCUT2D eigenvalue weighted by Gasteiger charge is 2.13. The van der Waals surface area contributed by atoms with Crippen LogP contribution in [0.15, 0.2) is 5.57 Å². The van der Waals surface area contributed by atoms with Crippen LogP contribution in [0.2, 0.25) is 0 Å². The lowest BCUT2D eigenvalue weighted by atomic mass is 10.0. The van der Waals surface area contributed by atoms with Gasteiger partial charge in [0.25, 0.3) is 0 Å². The minimum absolute atomic E-state index is 0.499. The second-order valence-corrected chi connectivity index (χ2v) is 7.17. The number of methoxy groups -OCH3 is 1. The van der Waals surface area contributed by atoms with Crippen LogP contribution in [-0.4, -0.2) is 39.3 Å². The van der Waals surface area contributed by atoms with E-state index in [1.807, 2.05) is 19.0 Å². The Bertz CT molecular complexity index is 464. The van der Waals surface area contributed by atoms with Gasteiger partial charge in [-0.05, 0) is 24.5 Å². The Morgan fingerprint density at radius 3 is 2.48 bits per heavy atom. The second kappa shape index (κ2) is 8.39. The highest BCUT2D eigenvalue weighted by molar-refractivity contribution is 7.16. The average Bonchev–Trinajstić information content (AvgIpc) is 2.80. The summed E-state index contributed by atoms with van der Waals surface area (Å²) in [5.74, 6) is 1.88. The molecule has 0 amide bonds. The Hall–Kier alpha value is -1.07. The number of aromatic nitrogens is 1. The molecule has 120 valence electrons. The molecule has 1 aromatic heterocycles. The molecule has 0 unspecified atom stereocenters. The Morgan fingerprint density at radius 1 is 1.33 bits per heavy atom. The van der Waals surface area contributed by atoms with E-state index in [1.165, 1.54) is 5.57 Å². The van der Waals surface area contributed by atoms with Crippen LogP contribution in [-0.2, 0) is 0 Å². The summed E-state index contributed by atoms with van der Waals surface area (Å²) in [6.07, 6.45) is 2.22. The fourth-order valence-corrected chi connectivity index (χ4v) is 2.77. The van der Waals surface area contributed by atoms with Gasteiger partial charge in [-0.3, -0.25) is 0 Å². The summed E-state index contributed by atoms with van der Waals surface area (Å²) in [5.41, 5.74) is 1.38. The molecular formula is C16H29N3OS. The number of hydrogen-bond acceptors (Lipinski definition) is 5. The monoisotopic (exact) mass is 311 g/mol. The van der Waals surface area contributed by atoms with E-state index in [0.717, 1.165) is 23.1 Å². The molecule has 0 bridgehead atoms. The average molecular weight is 311 g/mol. The van der Waals surface area contributed by atoms with E-state index in [4.69, 9.17) is 4.74 Å². The third-order valence-corrected chi connectivity index (χ3v) is 4.28. The molecule has 4 nitrogen and oxygen atoms in total. The van der Waals surface area contributed by atoms with Crippen LogP contribution in [0.1, 0.15) is 32.6 Å². The van der Waals surface area contributed by atoms with Crippen molar-refractivity contribution in [2.45, 2.75) is 27.7 Å².